The summed E-state index contributed by atoms with van der Waals surface area (Å²) < 4.78 is 5.93. The van der Waals surface area contributed by atoms with Gasteiger partial charge in [0.25, 0.3) is 0 Å². The van der Waals surface area contributed by atoms with Crippen molar-refractivity contribution >= 4 is 0 Å². The fourth-order valence-electron chi connectivity index (χ4n) is 2.43. The second-order valence-electron chi connectivity index (χ2n) is 4.29. The molecular formula is C15H15NO. The van der Waals surface area contributed by atoms with E-state index < -0.39 is 0 Å². The van der Waals surface area contributed by atoms with Crippen LogP contribution >= 0.6 is 0 Å². The second-order valence-corrected chi connectivity index (χ2v) is 4.29. The van der Waals surface area contributed by atoms with Gasteiger partial charge in [0, 0.05) is 23.6 Å². The van der Waals surface area contributed by atoms with Gasteiger partial charge in [0.15, 0.2) is 0 Å². The number of benzene rings is 2. The van der Waals surface area contributed by atoms with Gasteiger partial charge in [-0.1, -0.05) is 36.4 Å². The highest BCUT2D eigenvalue weighted by molar-refractivity contribution is 5.53. The first-order valence-corrected chi connectivity index (χ1v) is 5.90. The minimum atomic E-state index is 0.376. The van der Waals surface area contributed by atoms with E-state index in [0.29, 0.717) is 5.92 Å². The normalized spacial score (nSPS) is 13.7. The van der Waals surface area contributed by atoms with Crippen molar-refractivity contribution in [2.24, 2.45) is 0 Å². The molecule has 1 aliphatic heterocycles. The molecule has 0 amide bonds. The molecule has 1 N–H and O–H groups in total. The molecule has 0 bridgehead atoms. The van der Waals surface area contributed by atoms with Crippen LogP contribution in [0.5, 0.6) is 11.5 Å². The van der Waals surface area contributed by atoms with Gasteiger partial charge in [0.1, 0.15) is 11.5 Å². The molecule has 2 heteroatoms. The SMILES string of the molecule is CNCC1c2ccccc2Oc2ccccc21. The number of ether oxygens (including phenoxy) is 1. The quantitative estimate of drug-likeness (QED) is 0.847. The van der Waals surface area contributed by atoms with Crippen molar-refractivity contribution in [3.63, 3.8) is 0 Å². The Kier molecular flexibility index (Phi) is 2.57. The number of likely N-dealkylation sites (N-methyl/N-ethyl adjacent to an activating group) is 1. The van der Waals surface area contributed by atoms with Crippen molar-refractivity contribution in [2.75, 3.05) is 13.6 Å². The van der Waals surface area contributed by atoms with Crippen molar-refractivity contribution in [3.05, 3.63) is 59.7 Å². The van der Waals surface area contributed by atoms with Gasteiger partial charge in [-0.05, 0) is 19.2 Å². The number of para-hydroxylation sites is 2. The molecule has 3 rings (SSSR count). The lowest BCUT2D eigenvalue weighted by molar-refractivity contribution is 0.442. The maximum Gasteiger partial charge on any atom is 0.131 e. The van der Waals surface area contributed by atoms with E-state index in [4.69, 9.17) is 4.74 Å². The van der Waals surface area contributed by atoms with E-state index >= 15 is 0 Å². The third kappa shape index (κ3) is 1.71. The first-order valence-electron chi connectivity index (χ1n) is 5.90. The molecule has 2 aromatic carbocycles. The van der Waals surface area contributed by atoms with Crippen LogP contribution in [0.2, 0.25) is 0 Å². The summed E-state index contributed by atoms with van der Waals surface area (Å²) in [5, 5.41) is 3.26. The van der Waals surface area contributed by atoms with Gasteiger partial charge in [-0.15, -0.1) is 0 Å². The van der Waals surface area contributed by atoms with E-state index in [1.54, 1.807) is 0 Å². The molecule has 1 aliphatic rings. The third-order valence-corrected chi connectivity index (χ3v) is 3.22. The Morgan fingerprint density at radius 2 is 1.47 bits per heavy atom. The van der Waals surface area contributed by atoms with Crippen molar-refractivity contribution in [2.45, 2.75) is 5.92 Å². The Morgan fingerprint density at radius 1 is 0.941 bits per heavy atom. The number of hydrogen-bond acceptors (Lipinski definition) is 2. The van der Waals surface area contributed by atoms with Crippen molar-refractivity contribution < 1.29 is 4.74 Å². The Morgan fingerprint density at radius 3 is 2.00 bits per heavy atom. The lowest BCUT2D eigenvalue weighted by atomic mass is 9.88. The summed E-state index contributed by atoms with van der Waals surface area (Å²) in [4.78, 5) is 0. The zero-order chi connectivity index (χ0) is 11.7. The Bertz CT molecular complexity index is 490. The smallest absolute Gasteiger partial charge is 0.131 e. The molecule has 0 fully saturated rings. The predicted octanol–water partition coefficient (Wildman–Crippen LogP) is 3.14. The average molecular weight is 225 g/mol. The molecule has 0 radical (unpaired) electrons. The van der Waals surface area contributed by atoms with Crippen molar-refractivity contribution in [1.29, 1.82) is 0 Å². The van der Waals surface area contributed by atoms with Gasteiger partial charge >= 0.3 is 0 Å². The Labute approximate surface area is 101 Å². The summed E-state index contributed by atoms with van der Waals surface area (Å²) in [6.45, 7) is 0.928. The largest absolute Gasteiger partial charge is 0.457 e. The van der Waals surface area contributed by atoms with E-state index in [1.807, 2.05) is 31.3 Å². The highest BCUT2D eigenvalue weighted by Crippen LogP contribution is 2.43. The first-order chi connectivity index (χ1) is 8.40. The molecule has 0 unspecified atom stereocenters. The van der Waals surface area contributed by atoms with Crippen LogP contribution in [0.3, 0.4) is 0 Å². The molecule has 0 saturated heterocycles. The van der Waals surface area contributed by atoms with Crippen LogP contribution < -0.4 is 10.1 Å². The Hall–Kier alpha value is -1.80. The lowest BCUT2D eigenvalue weighted by Crippen LogP contribution is -2.21. The molecule has 2 aromatic rings. The third-order valence-electron chi connectivity index (χ3n) is 3.22. The maximum atomic E-state index is 5.93. The Balaban J connectivity index is 2.13. The molecule has 17 heavy (non-hydrogen) atoms. The first kappa shape index (κ1) is 10.4. The monoisotopic (exact) mass is 225 g/mol. The minimum absolute atomic E-state index is 0.376. The van der Waals surface area contributed by atoms with Crippen molar-refractivity contribution in [3.8, 4) is 11.5 Å². The molecule has 2 nitrogen and oxygen atoms in total. The van der Waals surface area contributed by atoms with Gasteiger partial charge in [-0.2, -0.15) is 0 Å². The predicted molar refractivity (Wildman–Crippen MR) is 68.7 cm³/mol. The molecule has 86 valence electrons. The van der Waals surface area contributed by atoms with E-state index in [0.717, 1.165) is 18.0 Å². The number of rotatable bonds is 2. The molecule has 1 heterocycles. The van der Waals surface area contributed by atoms with Crippen LogP contribution in [0, 0.1) is 0 Å². The molecule has 0 spiro atoms. The molecule has 0 saturated carbocycles. The van der Waals surface area contributed by atoms with Gasteiger partial charge < -0.3 is 10.1 Å². The standard InChI is InChI=1S/C15H15NO/c1-16-10-13-11-6-2-4-8-14(11)17-15-9-5-3-7-12(13)15/h2-9,13,16H,10H2,1H3. The number of fused-ring (bicyclic) bond motifs is 2. The van der Waals surface area contributed by atoms with Gasteiger partial charge in [-0.25, -0.2) is 0 Å². The fraction of sp³-hybridized carbons (Fsp3) is 0.200. The highest BCUT2D eigenvalue weighted by atomic mass is 16.5. The summed E-state index contributed by atoms with van der Waals surface area (Å²) >= 11 is 0. The molecule has 0 atom stereocenters. The zero-order valence-corrected chi connectivity index (χ0v) is 9.81. The maximum absolute atomic E-state index is 5.93. The highest BCUT2D eigenvalue weighted by Gasteiger charge is 2.25. The van der Waals surface area contributed by atoms with Crippen LogP contribution in [0.15, 0.2) is 48.5 Å². The fourth-order valence-corrected chi connectivity index (χ4v) is 2.43. The van der Waals surface area contributed by atoms with Crippen LogP contribution in [0.1, 0.15) is 17.0 Å². The van der Waals surface area contributed by atoms with Gasteiger partial charge in [0.05, 0.1) is 0 Å². The van der Waals surface area contributed by atoms with Crippen LogP contribution in [-0.4, -0.2) is 13.6 Å². The van der Waals surface area contributed by atoms with Gasteiger partial charge in [-0.3, -0.25) is 0 Å². The average Bonchev–Trinajstić information content (AvgIpc) is 2.39. The number of nitrogens with one attached hydrogen (secondary N) is 1. The van der Waals surface area contributed by atoms with Crippen molar-refractivity contribution in [1.82, 2.24) is 5.32 Å². The summed E-state index contributed by atoms with van der Waals surface area (Å²) in [7, 11) is 1.99. The van der Waals surface area contributed by atoms with E-state index in [2.05, 4.69) is 29.6 Å². The van der Waals surface area contributed by atoms with E-state index in [-0.39, 0.29) is 0 Å². The number of hydrogen-bond donors (Lipinski definition) is 1. The lowest BCUT2D eigenvalue weighted by Gasteiger charge is -2.27. The van der Waals surface area contributed by atoms with Crippen LogP contribution in [0.4, 0.5) is 0 Å². The van der Waals surface area contributed by atoms with Crippen LogP contribution in [0.25, 0.3) is 0 Å². The molecular weight excluding hydrogens is 210 g/mol. The minimum Gasteiger partial charge on any atom is -0.457 e. The molecule has 0 aliphatic carbocycles. The second kappa shape index (κ2) is 4.22. The topological polar surface area (TPSA) is 21.3 Å². The van der Waals surface area contributed by atoms with E-state index in [1.165, 1.54) is 11.1 Å². The summed E-state index contributed by atoms with van der Waals surface area (Å²) in [6.07, 6.45) is 0. The summed E-state index contributed by atoms with van der Waals surface area (Å²) in [6, 6.07) is 16.5. The zero-order valence-electron chi connectivity index (χ0n) is 9.81. The summed E-state index contributed by atoms with van der Waals surface area (Å²) in [5.41, 5.74) is 2.53. The van der Waals surface area contributed by atoms with Crippen LogP contribution in [-0.2, 0) is 0 Å². The summed E-state index contributed by atoms with van der Waals surface area (Å²) in [5.74, 6) is 2.33. The van der Waals surface area contributed by atoms with Gasteiger partial charge in [0.2, 0.25) is 0 Å². The van der Waals surface area contributed by atoms with E-state index in [9.17, 15) is 0 Å². The molecule has 0 aromatic heterocycles.